The summed E-state index contributed by atoms with van der Waals surface area (Å²) in [7, 11) is 1.89. The molecule has 0 radical (unpaired) electrons. The van der Waals surface area contributed by atoms with Crippen LogP contribution in [0.15, 0.2) is 24.3 Å². The maximum atomic E-state index is 11.8. The van der Waals surface area contributed by atoms with Crippen LogP contribution in [0.4, 0.5) is 0 Å². The predicted octanol–water partition coefficient (Wildman–Crippen LogP) is 2.13. The average Bonchev–Trinajstić information content (AvgIpc) is 2.69. The van der Waals surface area contributed by atoms with E-state index in [2.05, 4.69) is 5.32 Å². The molecule has 0 bridgehead atoms. The zero-order valence-corrected chi connectivity index (χ0v) is 11.2. The molecule has 0 spiro atoms. The molecule has 1 aromatic rings. The number of nitrogens with zero attached hydrogens (tertiary/aromatic N) is 1. The standard InChI is InChI=1S/C12H15ClN2OS/c1-14-6-7-15-11(16)8-17-12(15)9-4-2-3-5-10(9)13/h2-5,12,14H,6-8H2,1H3. The van der Waals surface area contributed by atoms with Gasteiger partial charge in [0.25, 0.3) is 0 Å². The van der Waals surface area contributed by atoms with Crippen LogP contribution in [-0.2, 0) is 4.79 Å². The van der Waals surface area contributed by atoms with Crippen molar-refractivity contribution in [3.8, 4) is 0 Å². The van der Waals surface area contributed by atoms with Gasteiger partial charge >= 0.3 is 0 Å². The fraction of sp³-hybridized carbons (Fsp3) is 0.417. The number of amides is 1. The summed E-state index contributed by atoms with van der Waals surface area (Å²) >= 11 is 7.82. The molecule has 92 valence electrons. The van der Waals surface area contributed by atoms with Crippen molar-refractivity contribution >= 4 is 29.3 Å². The van der Waals surface area contributed by atoms with Gasteiger partial charge in [0.2, 0.25) is 5.91 Å². The third kappa shape index (κ3) is 2.76. The first kappa shape index (κ1) is 12.7. The van der Waals surface area contributed by atoms with Crippen molar-refractivity contribution in [1.82, 2.24) is 10.2 Å². The summed E-state index contributed by atoms with van der Waals surface area (Å²) in [6.45, 7) is 1.52. The highest BCUT2D eigenvalue weighted by Crippen LogP contribution is 2.40. The molecular formula is C12H15ClN2OS. The van der Waals surface area contributed by atoms with Crippen molar-refractivity contribution in [3.63, 3.8) is 0 Å². The molecule has 2 rings (SSSR count). The minimum atomic E-state index is 0.0598. The average molecular weight is 271 g/mol. The Morgan fingerprint density at radius 2 is 2.29 bits per heavy atom. The molecule has 3 nitrogen and oxygen atoms in total. The van der Waals surface area contributed by atoms with Gasteiger partial charge in [-0.05, 0) is 13.1 Å². The van der Waals surface area contributed by atoms with Gasteiger partial charge in [0, 0.05) is 23.7 Å². The van der Waals surface area contributed by atoms with E-state index in [9.17, 15) is 4.79 Å². The molecule has 1 aliphatic heterocycles. The maximum Gasteiger partial charge on any atom is 0.233 e. The lowest BCUT2D eigenvalue weighted by atomic mass is 10.2. The number of hydrogen-bond acceptors (Lipinski definition) is 3. The van der Waals surface area contributed by atoms with E-state index in [0.717, 1.165) is 23.7 Å². The van der Waals surface area contributed by atoms with Crippen LogP contribution in [-0.4, -0.2) is 36.7 Å². The molecule has 1 atom stereocenters. The quantitative estimate of drug-likeness (QED) is 0.910. The molecule has 1 amide bonds. The molecule has 0 saturated carbocycles. The van der Waals surface area contributed by atoms with Crippen LogP contribution in [0.1, 0.15) is 10.9 Å². The van der Waals surface area contributed by atoms with Crippen molar-refractivity contribution in [2.45, 2.75) is 5.37 Å². The van der Waals surface area contributed by atoms with Gasteiger partial charge in [-0.15, -0.1) is 11.8 Å². The van der Waals surface area contributed by atoms with E-state index >= 15 is 0 Å². The number of rotatable bonds is 4. The zero-order chi connectivity index (χ0) is 12.3. The first-order chi connectivity index (χ1) is 8.24. The van der Waals surface area contributed by atoms with E-state index in [4.69, 9.17) is 11.6 Å². The highest BCUT2D eigenvalue weighted by Gasteiger charge is 2.33. The van der Waals surface area contributed by atoms with Gasteiger partial charge in [-0.1, -0.05) is 29.8 Å². The summed E-state index contributed by atoms with van der Waals surface area (Å²) in [5, 5.41) is 3.86. The van der Waals surface area contributed by atoms with Gasteiger partial charge in [0.1, 0.15) is 5.37 Å². The Morgan fingerprint density at radius 3 is 3.00 bits per heavy atom. The van der Waals surface area contributed by atoms with Gasteiger partial charge in [-0.25, -0.2) is 0 Å². The summed E-state index contributed by atoms with van der Waals surface area (Å²) in [5.74, 6) is 0.731. The third-order valence-corrected chi connectivity index (χ3v) is 4.32. The van der Waals surface area contributed by atoms with Crippen LogP contribution in [0, 0.1) is 0 Å². The second kappa shape index (κ2) is 5.76. The van der Waals surface area contributed by atoms with Crippen LogP contribution in [0.2, 0.25) is 5.02 Å². The molecule has 1 unspecified atom stereocenters. The summed E-state index contributed by atoms with van der Waals surface area (Å²) in [4.78, 5) is 13.7. The maximum absolute atomic E-state index is 11.8. The molecule has 1 heterocycles. The van der Waals surface area contributed by atoms with E-state index in [1.165, 1.54) is 0 Å². The van der Waals surface area contributed by atoms with Crippen LogP contribution in [0.25, 0.3) is 0 Å². The Balaban J connectivity index is 2.19. The lowest BCUT2D eigenvalue weighted by molar-refractivity contribution is -0.127. The lowest BCUT2D eigenvalue weighted by Crippen LogP contribution is -2.34. The van der Waals surface area contributed by atoms with Crippen molar-refractivity contribution < 1.29 is 4.79 Å². The number of carbonyl (C=O) groups excluding carboxylic acids is 1. The topological polar surface area (TPSA) is 32.3 Å². The number of halogens is 1. The van der Waals surface area contributed by atoms with E-state index < -0.39 is 0 Å². The van der Waals surface area contributed by atoms with Gasteiger partial charge in [0.15, 0.2) is 0 Å². The zero-order valence-electron chi connectivity index (χ0n) is 9.65. The molecule has 1 fully saturated rings. The summed E-state index contributed by atoms with van der Waals surface area (Å²) < 4.78 is 0. The van der Waals surface area contributed by atoms with Crippen LogP contribution in [0.5, 0.6) is 0 Å². The van der Waals surface area contributed by atoms with Gasteiger partial charge in [0.05, 0.1) is 5.75 Å². The summed E-state index contributed by atoms with van der Waals surface area (Å²) in [6, 6.07) is 7.73. The second-order valence-electron chi connectivity index (χ2n) is 3.88. The van der Waals surface area contributed by atoms with E-state index in [-0.39, 0.29) is 11.3 Å². The van der Waals surface area contributed by atoms with Gasteiger partial charge in [-0.3, -0.25) is 4.79 Å². The highest BCUT2D eigenvalue weighted by atomic mass is 35.5. The predicted molar refractivity (Wildman–Crippen MR) is 72.3 cm³/mol. The number of nitrogens with one attached hydrogen (secondary N) is 1. The van der Waals surface area contributed by atoms with Crippen molar-refractivity contribution in [3.05, 3.63) is 34.9 Å². The van der Waals surface area contributed by atoms with Gasteiger partial charge in [-0.2, -0.15) is 0 Å². The van der Waals surface area contributed by atoms with E-state index in [1.54, 1.807) is 11.8 Å². The van der Waals surface area contributed by atoms with Gasteiger partial charge < -0.3 is 10.2 Å². The van der Waals surface area contributed by atoms with Crippen LogP contribution >= 0.6 is 23.4 Å². The molecule has 5 heteroatoms. The molecular weight excluding hydrogens is 256 g/mol. The lowest BCUT2D eigenvalue weighted by Gasteiger charge is -2.24. The molecule has 17 heavy (non-hydrogen) atoms. The smallest absolute Gasteiger partial charge is 0.233 e. The Labute approximate surface area is 111 Å². The van der Waals surface area contributed by atoms with Crippen LogP contribution in [0.3, 0.4) is 0 Å². The fourth-order valence-corrected chi connectivity index (χ4v) is 3.42. The molecule has 1 saturated heterocycles. The first-order valence-electron chi connectivity index (χ1n) is 5.54. The summed E-state index contributed by atoms with van der Waals surface area (Å²) in [5.41, 5.74) is 1.03. The third-order valence-electron chi connectivity index (χ3n) is 2.74. The first-order valence-corrected chi connectivity index (χ1v) is 6.97. The largest absolute Gasteiger partial charge is 0.325 e. The molecule has 1 aliphatic rings. The summed E-state index contributed by atoms with van der Waals surface area (Å²) in [6.07, 6.45) is 0. The Hall–Kier alpha value is -0.710. The number of benzene rings is 1. The van der Waals surface area contributed by atoms with Crippen LogP contribution < -0.4 is 5.32 Å². The normalized spacial score (nSPS) is 20.0. The Morgan fingerprint density at radius 1 is 1.53 bits per heavy atom. The van der Waals surface area contributed by atoms with Crippen molar-refractivity contribution in [1.29, 1.82) is 0 Å². The monoisotopic (exact) mass is 270 g/mol. The SMILES string of the molecule is CNCCN1C(=O)CSC1c1ccccc1Cl. The Kier molecular flexibility index (Phi) is 4.31. The minimum absolute atomic E-state index is 0.0598. The molecule has 0 aliphatic carbocycles. The number of hydrogen-bond donors (Lipinski definition) is 1. The number of thioether (sulfide) groups is 1. The highest BCUT2D eigenvalue weighted by molar-refractivity contribution is 8.00. The number of carbonyl (C=O) groups is 1. The van der Waals surface area contributed by atoms with E-state index in [1.807, 2.05) is 36.2 Å². The second-order valence-corrected chi connectivity index (χ2v) is 5.35. The van der Waals surface area contributed by atoms with E-state index in [0.29, 0.717) is 5.75 Å². The molecule has 0 aromatic heterocycles. The molecule has 1 N–H and O–H groups in total. The minimum Gasteiger partial charge on any atom is -0.325 e. The molecule has 1 aromatic carbocycles. The number of likely N-dealkylation sites (N-methyl/N-ethyl adjacent to an activating group) is 1. The van der Waals surface area contributed by atoms with Crippen molar-refractivity contribution in [2.75, 3.05) is 25.9 Å². The van der Waals surface area contributed by atoms with Crippen molar-refractivity contribution in [2.24, 2.45) is 0 Å². The Bertz CT molecular complexity index is 413. The fourth-order valence-electron chi connectivity index (χ4n) is 1.86.